The smallest absolute Gasteiger partial charge is 0.320 e. The van der Waals surface area contributed by atoms with Crippen molar-refractivity contribution in [1.82, 2.24) is 9.80 Å². The molecule has 0 aromatic heterocycles. The Morgan fingerprint density at radius 2 is 0.947 bits per heavy atom. The molecular weight excluding hydrogens is 472 g/mol. The Balaban J connectivity index is 1.50. The van der Waals surface area contributed by atoms with Crippen LogP contribution in [0.3, 0.4) is 0 Å². The Kier molecular flexibility index (Phi) is 9.40. The molecule has 2 aromatic rings. The lowest BCUT2D eigenvalue weighted by atomic mass is 9.87. The molecule has 3 fully saturated rings. The van der Waals surface area contributed by atoms with Crippen LogP contribution in [0.15, 0.2) is 60.7 Å². The average molecular weight is 519 g/mol. The van der Waals surface area contributed by atoms with E-state index in [4.69, 9.17) is 0 Å². The standard InChI is InChI=1S/C33H46N2O3/c36-31-29(21-25-13-5-1-6-14-25)34(23-27-17-9-3-10-18-27)33(38)35(24-28-19-11-4-12-20-28)30(32(31)37)22-26-15-7-2-8-16-26/h1-2,5-8,13-16,27-32,36-37H,3-4,9-12,17-24H2/t29-,30-,31+,32+/m1/s1. The molecule has 2 N–H and O–H groups in total. The van der Waals surface area contributed by atoms with Gasteiger partial charge < -0.3 is 20.0 Å². The highest BCUT2D eigenvalue weighted by atomic mass is 16.3. The van der Waals surface area contributed by atoms with Crippen molar-refractivity contribution in [3.8, 4) is 0 Å². The van der Waals surface area contributed by atoms with E-state index in [0.29, 0.717) is 37.8 Å². The van der Waals surface area contributed by atoms with Crippen molar-refractivity contribution >= 4 is 6.03 Å². The van der Waals surface area contributed by atoms with Crippen LogP contribution in [0.5, 0.6) is 0 Å². The van der Waals surface area contributed by atoms with Gasteiger partial charge in [0, 0.05) is 13.1 Å². The van der Waals surface area contributed by atoms with Gasteiger partial charge in [0.25, 0.3) is 0 Å². The van der Waals surface area contributed by atoms with Crippen molar-refractivity contribution in [3.05, 3.63) is 71.8 Å². The van der Waals surface area contributed by atoms with Crippen molar-refractivity contribution in [2.75, 3.05) is 13.1 Å². The van der Waals surface area contributed by atoms with E-state index in [1.165, 1.54) is 38.5 Å². The lowest BCUT2D eigenvalue weighted by Gasteiger charge is -2.39. The van der Waals surface area contributed by atoms with Crippen LogP contribution in [-0.4, -0.2) is 63.4 Å². The first-order valence-corrected chi connectivity index (χ1v) is 15.1. The number of rotatable bonds is 8. The minimum atomic E-state index is -1.01. The largest absolute Gasteiger partial charge is 0.388 e. The van der Waals surface area contributed by atoms with E-state index >= 15 is 0 Å². The van der Waals surface area contributed by atoms with E-state index < -0.39 is 24.3 Å². The van der Waals surface area contributed by atoms with Gasteiger partial charge in [-0.25, -0.2) is 4.79 Å². The molecule has 2 saturated carbocycles. The summed E-state index contributed by atoms with van der Waals surface area (Å²) in [4.78, 5) is 18.6. The summed E-state index contributed by atoms with van der Waals surface area (Å²) in [7, 11) is 0. The molecule has 5 nitrogen and oxygen atoms in total. The minimum Gasteiger partial charge on any atom is -0.388 e. The SMILES string of the molecule is O=C1N(CC2CCCCC2)[C@H](Cc2ccccc2)[C@H](O)[C@@H](O)[C@@H](Cc2ccccc2)N1CC1CCCCC1. The molecule has 1 saturated heterocycles. The summed E-state index contributed by atoms with van der Waals surface area (Å²) in [5.41, 5.74) is 2.18. The molecule has 5 rings (SSSR count). The van der Waals surface area contributed by atoms with Gasteiger partial charge in [0.1, 0.15) is 12.2 Å². The number of amides is 2. The molecule has 0 radical (unpaired) electrons. The van der Waals surface area contributed by atoms with E-state index in [1.807, 2.05) is 46.2 Å². The lowest BCUT2D eigenvalue weighted by Crippen LogP contribution is -2.53. The van der Waals surface area contributed by atoms with Gasteiger partial charge in [-0.2, -0.15) is 0 Å². The Labute approximate surface area is 228 Å². The molecule has 2 aliphatic carbocycles. The third-order valence-corrected chi connectivity index (χ3v) is 9.37. The van der Waals surface area contributed by atoms with E-state index in [2.05, 4.69) is 24.3 Å². The van der Waals surface area contributed by atoms with Crippen LogP contribution >= 0.6 is 0 Å². The summed E-state index contributed by atoms with van der Waals surface area (Å²) in [5, 5.41) is 23.6. The Morgan fingerprint density at radius 1 is 0.579 bits per heavy atom. The number of aliphatic hydroxyl groups excluding tert-OH is 2. The number of hydrogen-bond acceptors (Lipinski definition) is 3. The van der Waals surface area contributed by atoms with Crippen molar-refractivity contribution in [1.29, 1.82) is 0 Å². The van der Waals surface area contributed by atoms with Gasteiger partial charge in [-0.3, -0.25) is 0 Å². The Bertz CT molecular complexity index is 908. The summed E-state index contributed by atoms with van der Waals surface area (Å²) >= 11 is 0. The van der Waals surface area contributed by atoms with E-state index in [-0.39, 0.29) is 6.03 Å². The first kappa shape index (κ1) is 27.2. The van der Waals surface area contributed by atoms with E-state index in [1.54, 1.807) is 0 Å². The monoisotopic (exact) mass is 518 g/mol. The molecule has 1 heterocycles. The zero-order valence-electron chi connectivity index (χ0n) is 22.8. The number of hydrogen-bond donors (Lipinski definition) is 2. The third-order valence-electron chi connectivity index (χ3n) is 9.37. The fourth-order valence-electron chi connectivity index (χ4n) is 7.17. The van der Waals surface area contributed by atoms with Gasteiger partial charge in [-0.15, -0.1) is 0 Å². The number of benzene rings is 2. The quantitative estimate of drug-likeness (QED) is 0.462. The van der Waals surface area contributed by atoms with Gasteiger partial charge in [-0.05, 0) is 61.5 Å². The molecule has 0 unspecified atom stereocenters. The van der Waals surface area contributed by atoms with Crippen molar-refractivity contribution in [3.63, 3.8) is 0 Å². The summed E-state index contributed by atoms with van der Waals surface area (Å²) in [6.07, 6.45) is 11.0. The highest BCUT2D eigenvalue weighted by molar-refractivity contribution is 5.76. The molecule has 0 spiro atoms. The van der Waals surface area contributed by atoms with Crippen molar-refractivity contribution < 1.29 is 15.0 Å². The predicted molar refractivity (Wildman–Crippen MR) is 152 cm³/mol. The topological polar surface area (TPSA) is 64.0 Å². The van der Waals surface area contributed by atoms with E-state index in [9.17, 15) is 15.0 Å². The highest BCUT2D eigenvalue weighted by Gasteiger charge is 2.47. The van der Waals surface area contributed by atoms with Gasteiger partial charge in [0.15, 0.2) is 0 Å². The summed E-state index contributed by atoms with van der Waals surface area (Å²) in [6, 6.07) is 19.4. The second-order valence-electron chi connectivity index (χ2n) is 12.1. The molecular formula is C33H46N2O3. The molecule has 1 aliphatic heterocycles. The molecule has 2 amide bonds. The summed E-state index contributed by atoms with van der Waals surface area (Å²) < 4.78 is 0. The summed E-state index contributed by atoms with van der Waals surface area (Å²) in [5.74, 6) is 0.912. The van der Waals surface area contributed by atoms with Gasteiger partial charge >= 0.3 is 6.03 Å². The maximum Gasteiger partial charge on any atom is 0.320 e. The van der Waals surface area contributed by atoms with Crippen LogP contribution in [0, 0.1) is 11.8 Å². The van der Waals surface area contributed by atoms with Crippen LogP contribution in [0.1, 0.15) is 75.3 Å². The summed E-state index contributed by atoms with van der Waals surface area (Å²) in [6.45, 7) is 1.33. The average Bonchev–Trinajstić information content (AvgIpc) is 3.03. The fourth-order valence-corrected chi connectivity index (χ4v) is 7.17. The van der Waals surface area contributed by atoms with Crippen LogP contribution in [0.2, 0.25) is 0 Å². The van der Waals surface area contributed by atoms with E-state index in [0.717, 1.165) is 36.8 Å². The first-order chi connectivity index (χ1) is 18.6. The molecule has 5 heteroatoms. The number of nitrogens with zero attached hydrogens (tertiary/aromatic N) is 2. The maximum atomic E-state index is 14.6. The number of carbonyl (C=O) groups excluding carboxylic acids is 1. The number of aliphatic hydroxyl groups is 2. The predicted octanol–water partition coefficient (Wildman–Crippen LogP) is 5.83. The second-order valence-corrected chi connectivity index (χ2v) is 12.1. The zero-order chi connectivity index (χ0) is 26.3. The number of carbonyl (C=O) groups is 1. The third kappa shape index (κ3) is 6.60. The maximum absolute atomic E-state index is 14.6. The van der Waals surface area contributed by atoms with Crippen LogP contribution < -0.4 is 0 Å². The number of urea groups is 1. The van der Waals surface area contributed by atoms with Crippen LogP contribution in [-0.2, 0) is 12.8 Å². The van der Waals surface area contributed by atoms with Gasteiger partial charge in [-0.1, -0.05) is 99.2 Å². The van der Waals surface area contributed by atoms with Crippen molar-refractivity contribution in [2.45, 2.75) is 101 Å². The Morgan fingerprint density at radius 3 is 1.32 bits per heavy atom. The highest BCUT2D eigenvalue weighted by Crippen LogP contribution is 2.33. The second kappa shape index (κ2) is 13.1. The van der Waals surface area contributed by atoms with Gasteiger partial charge in [0.2, 0.25) is 0 Å². The minimum absolute atomic E-state index is 0.0126. The van der Waals surface area contributed by atoms with Gasteiger partial charge in [0.05, 0.1) is 12.1 Å². The normalized spacial score (nSPS) is 27.9. The van der Waals surface area contributed by atoms with Crippen LogP contribution in [0.4, 0.5) is 4.79 Å². The Hall–Kier alpha value is -2.37. The molecule has 4 atom stereocenters. The molecule has 0 bridgehead atoms. The zero-order valence-corrected chi connectivity index (χ0v) is 22.8. The van der Waals surface area contributed by atoms with Crippen molar-refractivity contribution in [2.24, 2.45) is 11.8 Å². The molecule has 2 aromatic carbocycles. The molecule has 3 aliphatic rings. The fraction of sp³-hybridized carbons (Fsp3) is 0.606. The van der Waals surface area contributed by atoms with Crippen LogP contribution in [0.25, 0.3) is 0 Å². The molecule has 38 heavy (non-hydrogen) atoms. The molecule has 206 valence electrons. The first-order valence-electron chi connectivity index (χ1n) is 15.1. The lowest BCUT2D eigenvalue weighted by molar-refractivity contribution is -0.0421.